The first-order valence-electron chi connectivity index (χ1n) is 13.6. The molecule has 8 heteroatoms. The molecule has 1 aliphatic rings. The second kappa shape index (κ2) is 18.6. The molecule has 0 aliphatic carbocycles. The van der Waals surface area contributed by atoms with Crippen molar-refractivity contribution in [3.63, 3.8) is 0 Å². The molecule has 0 spiro atoms. The van der Waals surface area contributed by atoms with Gasteiger partial charge in [0.15, 0.2) is 5.78 Å². The number of hydrogen-bond acceptors (Lipinski definition) is 6. The molecule has 2 rings (SSSR count). The Kier molecular flexibility index (Phi) is 15.9. The minimum absolute atomic E-state index is 0.131. The summed E-state index contributed by atoms with van der Waals surface area (Å²) in [5, 5.41) is 3.13. The zero-order valence-corrected chi connectivity index (χ0v) is 23.8. The lowest BCUT2D eigenvalue weighted by molar-refractivity contribution is -0.114. The van der Waals surface area contributed by atoms with Crippen molar-refractivity contribution in [3.05, 3.63) is 78.2 Å². The van der Waals surface area contributed by atoms with Gasteiger partial charge in [-0.1, -0.05) is 27.0 Å². The Morgan fingerprint density at radius 2 is 1.69 bits per heavy atom. The highest BCUT2D eigenvalue weighted by Crippen LogP contribution is 2.19. The molecular formula is C31H46N4O4. The predicted octanol–water partition coefficient (Wildman–Crippen LogP) is 5.10. The number of ketones is 1. The standard InChI is InChI=1S/C28H41N3O3.C3H5NO/c1-5-19-34-20-16-21(2)8-15-27(32)24-10-12-25(13-11-24)30-23(4)26(28(29)33)14-9-22(3)31-17-6-7-18-31;1-2-3(4)5/h9-14,21,30H,4-8,15-20H2,1-3H3,(H2,29,33);2H,1H2,(H2,4,5)/b22-9+,26-14+;. The van der Waals surface area contributed by atoms with Crippen LogP contribution in [0.15, 0.2) is 72.6 Å². The zero-order valence-electron chi connectivity index (χ0n) is 23.8. The fourth-order valence-corrected chi connectivity index (χ4v) is 3.89. The first-order chi connectivity index (χ1) is 18.6. The van der Waals surface area contributed by atoms with E-state index in [1.807, 2.05) is 25.1 Å². The molecule has 2 amide bonds. The average molecular weight is 539 g/mol. The molecule has 0 aromatic heterocycles. The average Bonchev–Trinajstić information content (AvgIpc) is 3.45. The van der Waals surface area contributed by atoms with Crippen molar-refractivity contribution in [2.75, 3.05) is 31.6 Å². The van der Waals surface area contributed by atoms with E-state index in [4.69, 9.17) is 10.5 Å². The Hall–Kier alpha value is -3.65. The van der Waals surface area contributed by atoms with Gasteiger partial charge in [-0.25, -0.2) is 0 Å². The van der Waals surface area contributed by atoms with Gasteiger partial charge >= 0.3 is 0 Å². The number of benzene rings is 1. The van der Waals surface area contributed by atoms with Gasteiger partial charge in [0.2, 0.25) is 5.91 Å². The number of amides is 2. The Balaban J connectivity index is 0.00000139. The molecule has 0 saturated carbocycles. The minimum Gasteiger partial charge on any atom is -0.381 e. The van der Waals surface area contributed by atoms with Crippen LogP contribution in [0.1, 0.15) is 69.7 Å². The highest BCUT2D eigenvalue weighted by atomic mass is 16.5. The molecule has 1 atom stereocenters. The first kappa shape index (κ1) is 33.4. The summed E-state index contributed by atoms with van der Waals surface area (Å²) in [6, 6.07) is 7.25. The molecule has 1 heterocycles. The second-order valence-electron chi connectivity index (χ2n) is 9.70. The van der Waals surface area contributed by atoms with Crippen LogP contribution in [0.3, 0.4) is 0 Å². The SMILES string of the molecule is C=C(Nc1ccc(C(=O)CCC(C)CCOCCC)cc1)/C(=C\C=C(/C)N1CCCC1)C(N)=O.C=CC(N)=O. The van der Waals surface area contributed by atoms with Gasteiger partial charge in [-0.05, 0) is 87.4 Å². The number of allylic oxidation sites excluding steroid dienone is 3. The van der Waals surface area contributed by atoms with Crippen molar-refractivity contribution >= 4 is 23.3 Å². The van der Waals surface area contributed by atoms with Gasteiger partial charge in [-0.2, -0.15) is 0 Å². The van der Waals surface area contributed by atoms with Crippen molar-refractivity contribution in [1.29, 1.82) is 0 Å². The predicted molar refractivity (Wildman–Crippen MR) is 159 cm³/mol. The fourth-order valence-electron chi connectivity index (χ4n) is 3.89. The van der Waals surface area contributed by atoms with Gasteiger partial charge in [-0.15, -0.1) is 0 Å². The maximum atomic E-state index is 12.6. The number of anilines is 1. The Morgan fingerprint density at radius 3 is 2.23 bits per heavy atom. The third kappa shape index (κ3) is 13.6. The second-order valence-corrected chi connectivity index (χ2v) is 9.70. The smallest absolute Gasteiger partial charge is 0.250 e. The molecule has 39 heavy (non-hydrogen) atoms. The van der Waals surface area contributed by atoms with Crippen LogP contribution in [0.5, 0.6) is 0 Å². The monoisotopic (exact) mass is 538 g/mol. The Labute approximate surface area is 233 Å². The van der Waals surface area contributed by atoms with Crippen molar-refractivity contribution in [3.8, 4) is 0 Å². The van der Waals surface area contributed by atoms with Crippen molar-refractivity contribution < 1.29 is 19.1 Å². The summed E-state index contributed by atoms with van der Waals surface area (Å²) in [5.41, 5.74) is 13.4. The van der Waals surface area contributed by atoms with Crippen LogP contribution in [0.2, 0.25) is 0 Å². The lowest BCUT2D eigenvalue weighted by Gasteiger charge is -2.17. The van der Waals surface area contributed by atoms with Crippen molar-refractivity contribution in [2.24, 2.45) is 17.4 Å². The molecule has 1 aromatic rings. The number of rotatable bonds is 16. The molecule has 1 fully saturated rings. The van der Waals surface area contributed by atoms with Gasteiger partial charge in [-0.3, -0.25) is 14.4 Å². The molecule has 8 nitrogen and oxygen atoms in total. The fraction of sp³-hybridized carbons (Fsp3) is 0.452. The number of carbonyl (C=O) groups is 3. The molecule has 214 valence electrons. The van der Waals surface area contributed by atoms with E-state index in [1.54, 1.807) is 18.2 Å². The van der Waals surface area contributed by atoms with Crippen LogP contribution < -0.4 is 16.8 Å². The summed E-state index contributed by atoms with van der Waals surface area (Å²) < 4.78 is 5.53. The van der Waals surface area contributed by atoms with Gasteiger partial charge in [0, 0.05) is 55.4 Å². The summed E-state index contributed by atoms with van der Waals surface area (Å²) >= 11 is 0. The van der Waals surface area contributed by atoms with Crippen molar-refractivity contribution in [2.45, 2.75) is 59.3 Å². The first-order valence-corrected chi connectivity index (χ1v) is 13.6. The molecule has 1 unspecified atom stereocenters. The van der Waals surface area contributed by atoms with E-state index in [9.17, 15) is 14.4 Å². The van der Waals surface area contributed by atoms with E-state index in [-0.39, 0.29) is 5.78 Å². The highest BCUT2D eigenvalue weighted by Gasteiger charge is 2.13. The van der Waals surface area contributed by atoms with Crippen LogP contribution in [-0.2, 0) is 14.3 Å². The van der Waals surface area contributed by atoms with E-state index in [2.05, 4.69) is 43.0 Å². The quantitative estimate of drug-likeness (QED) is 0.116. The molecule has 5 N–H and O–H groups in total. The van der Waals surface area contributed by atoms with Crippen LogP contribution in [0.25, 0.3) is 0 Å². The third-order valence-electron chi connectivity index (χ3n) is 6.36. The maximum absolute atomic E-state index is 12.6. The van der Waals surface area contributed by atoms with Gasteiger partial charge < -0.3 is 26.4 Å². The van der Waals surface area contributed by atoms with Crippen LogP contribution in [-0.4, -0.2) is 48.8 Å². The van der Waals surface area contributed by atoms with Gasteiger partial charge in [0.05, 0.1) is 5.57 Å². The lowest BCUT2D eigenvalue weighted by Crippen LogP contribution is -2.19. The third-order valence-corrected chi connectivity index (χ3v) is 6.36. The number of Topliss-reactive ketones (excluding diaryl/α,β-unsaturated/α-hetero) is 1. The van der Waals surface area contributed by atoms with E-state index < -0.39 is 11.8 Å². The topological polar surface area (TPSA) is 128 Å². The Morgan fingerprint density at radius 1 is 1.08 bits per heavy atom. The summed E-state index contributed by atoms with van der Waals surface area (Å²) in [5.74, 6) is -0.437. The molecule has 1 aliphatic heterocycles. The van der Waals surface area contributed by atoms with Crippen LogP contribution in [0, 0.1) is 5.92 Å². The minimum atomic E-state index is -0.538. The number of nitrogens with zero attached hydrogens (tertiary/aromatic N) is 1. The number of hydrogen-bond donors (Lipinski definition) is 3. The number of likely N-dealkylation sites (tertiary alicyclic amines) is 1. The molecule has 0 bridgehead atoms. The zero-order chi connectivity index (χ0) is 29.2. The highest BCUT2D eigenvalue weighted by molar-refractivity contribution is 5.98. The lowest BCUT2D eigenvalue weighted by atomic mass is 9.98. The molecular weight excluding hydrogens is 492 g/mol. The van der Waals surface area contributed by atoms with Gasteiger partial charge in [0.25, 0.3) is 5.91 Å². The number of nitrogens with two attached hydrogens (primary N) is 2. The number of nitrogens with one attached hydrogen (secondary N) is 1. The summed E-state index contributed by atoms with van der Waals surface area (Å²) in [7, 11) is 0. The number of primary amides is 2. The summed E-state index contributed by atoms with van der Waals surface area (Å²) in [4.78, 5) is 36.3. The van der Waals surface area contributed by atoms with E-state index in [0.717, 1.165) is 63.0 Å². The van der Waals surface area contributed by atoms with Crippen LogP contribution >= 0.6 is 0 Å². The van der Waals surface area contributed by atoms with E-state index in [1.165, 1.54) is 12.8 Å². The molecule has 1 saturated heterocycles. The largest absolute Gasteiger partial charge is 0.381 e. The molecule has 0 radical (unpaired) electrons. The van der Waals surface area contributed by atoms with Gasteiger partial charge in [0.1, 0.15) is 0 Å². The van der Waals surface area contributed by atoms with Crippen molar-refractivity contribution in [1.82, 2.24) is 4.90 Å². The Bertz CT molecular complexity index is 1020. The number of ether oxygens (including phenoxy) is 1. The molecule has 1 aromatic carbocycles. The van der Waals surface area contributed by atoms with E-state index >= 15 is 0 Å². The van der Waals surface area contributed by atoms with Crippen LogP contribution in [0.4, 0.5) is 5.69 Å². The van der Waals surface area contributed by atoms with E-state index in [0.29, 0.717) is 29.2 Å². The summed E-state index contributed by atoms with van der Waals surface area (Å²) in [6.45, 7) is 17.0. The summed E-state index contributed by atoms with van der Waals surface area (Å²) in [6.07, 6.45) is 10.4. The normalized spacial score (nSPS) is 14.2. The maximum Gasteiger partial charge on any atom is 0.250 e. The number of carbonyl (C=O) groups excluding carboxylic acids is 3.